The molecule has 0 heterocycles. The van der Waals surface area contributed by atoms with Gasteiger partial charge in [-0.2, -0.15) is 0 Å². The summed E-state index contributed by atoms with van der Waals surface area (Å²) in [5.41, 5.74) is 0.555. The number of hydrogen-bond acceptors (Lipinski definition) is 1. The van der Waals surface area contributed by atoms with Crippen LogP contribution in [0.15, 0.2) is 30.3 Å². The van der Waals surface area contributed by atoms with Gasteiger partial charge in [0.25, 0.3) is 0 Å². The Morgan fingerprint density at radius 3 is 2.39 bits per heavy atom. The standard InChI is InChI=1S/C17H26O/c1-2-3-5-8-15-11-13-17(18,14-12-15)16-9-6-4-7-10-16/h4,6-7,9-10,15,18H,2-3,5,8,11-14H2,1H3/t15-,17-. The molecule has 0 unspecified atom stereocenters. The summed E-state index contributed by atoms with van der Waals surface area (Å²) in [5, 5.41) is 10.7. The van der Waals surface area contributed by atoms with Crippen molar-refractivity contribution >= 4 is 0 Å². The minimum atomic E-state index is -0.553. The van der Waals surface area contributed by atoms with Crippen LogP contribution in [0.2, 0.25) is 0 Å². The Kier molecular flexibility index (Phi) is 4.82. The molecule has 0 aliphatic heterocycles. The first kappa shape index (κ1) is 13.6. The predicted molar refractivity (Wildman–Crippen MR) is 76.4 cm³/mol. The van der Waals surface area contributed by atoms with Crippen molar-refractivity contribution in [1.29, 1.82) is 0 Å². The molecule has 1 fully saturated rings. The van der Waals surface area contributed by atoms with Crippen LogP contribution in [0.3, 0.4) is 0 Å². The third-order valence-corrected chi connectivity index (χ3v) is 4.46. The average Bonchev–Trinajstić information content (AvgIpc) is 2.42. The lowest BCUT2D eigenvalue weighted by molar-refractivity contribution is -0.0154. The molecule has 0 aromatic heterocycles. The van der Waals surface area contributed by atoms with Gasteiger partial charge < -0.3 is 5.11 Å². The van der Waals surface area contributed by atoms with Crippen LogP contribution in [0.4, 0.5) is 0 Å². The largest absolute Gasteiger partial charge is 0.385 e. The zero-order valence-corrected chi connectivity index (χ0v) is 11.6. The zero-order chi connectivity index (χ0) is 12.8. The van der Waals surface area contributed by atoms with Crippen molar-refractivity contribution in [2.24, 2.45) is 5.92 Å². The van der Waals surface area contributed by atoms with Gasteiger partial charge in [0.05, 0.1) is 5.60 Å². The molecule has 1 aromatic rings. The van der Waals surface area contributed by atoms with E-state index in [9.17, 15) is 5.11 Å². The Morgan fingerprint density at radius 2 is 1.78 bits per heavy atom. The molecule has 1 N–H and O–H groups in total. The van der Waals surface area contributed by atoms with Crippen molar-refractivity contribution < 1.29 is 5.11 Å². The van der Waals surface area contributed by atoms with Gasteiger partial charge in [0.2, 0.25) is 0 Å². The minimum absolute atomic E-state index is 0.553. The Balaban J connectivity index is 1.86. The maximum Gasteiger partial charge on any atom is 0.0896 e. The lowest BCUT2D eigenvalue weighted by atomic mass is 9.74. The Morgan fingerprint density at radius 1 is 1.11 bits per heavy atom. The average molecular weight is 246 g/mol. The van der Waals surface area contributed by atoms with Crippen LogP contribution < -0.4 is 0 Å². The van der Waals surface area contributed by atoms with E-state index in [2.05, 4.69) is 19.1 Å². The summed E-state index contributed by atoms with van der Waals surface area (Å²) in [7, 11) is 0. The van der Waals surface area contributed by atoms with E-state index in [-0.39, 0.29) is 0 Å². The molecule has 1 aromatic carbocycles. The normalized spacial score (nSPS) is 28.2. The summed E-state index contributed by atoms with van der Waals surface area (Å²) < 4.78 is 0. The predicted octanol–water partition coefficient (Wildman–Crippen LogP) is 4.64. The summed E-state index contributed by atoms with van der Waals surface area (Å²) in [5.74, 6) is 0.848. The van der Waals surface area contributed by atoms with Gasteiger partial charge in [0.15, 0.2) is 0 Å². The summed E-state index contributed by atoms with van der Waals surface area (Å²) >= 11 is 0. The first-order chi connectivity index (χ1) is 8.74. The first-order valence-electron chi connectivity index (χ1n) is 7.52. The van der Waals surface area contributed by atoms with Gasteiger partial charge in [-0.25, -0.2) is 0 Å². The molecule has 100 valence electrons. The summed E-state index contributed by atoms with van der Waals surface area (Å²) in [6, 6.07) is 10.2. The van der Waals surface area contributed by atoms with Gasteiger partial charge in [0.1, 0.15) is 0 Å². The molecule has 0 radical (unpaired) electrons. The highest BCUT2D eigenvalue weighted by Gasteiger charge is 2.34. The van der Waals surface area contributed by atoms with Crippen molar-refractivity contribution in [2.45, 2.75) is 63.9 Å². The molecule has 1 heteroatoms. The fourth-order valence-corrected chi connectivity index (χ4v) is 3.16. The van der Waals surface area contributed by atoms with Gasteiger partial charge in [0, 0.05) is 0 Å². The summed E-state index contributed by atoms with van der Waals surface area (Å²) in [6.07, 6.45) is 9.65. The van der Waals surface area contributed by atoms with Crippen molar-refractivity contribution in [2.75, 3.05) is 0 Å². The summed E-state index contributed by atoms with van der Waals surface area (Å²) in [6.45, 7) is 2.26. The van der Waals surface area contributed by atoms with Gasteiger partial charge in [-0.05, 0) is 37.2 Å². The van der Waals surface area contributed by atoms with Crippen molar-refractivity contribution in [3.05, 3.63) is 35.9 Å². The van der Waals surface area contributed by atoms with Crippen LogP contribution in [0.1, 0.15) is 63.9 Å². The van der Waals surface area contributed by atoms with E-state index < -0.39 is 5.60 Å². The van der Waals surface area contributed by atoms with Gasteiger partial charge in [-0.15, -0.1) is 0 Å². The topological polar surface area (TPSA) is 20.2 Å². The third-order valence-electron chi connectivity index (χ3n) is 4.46. The fraction of sp³-hybridized carbons (Fsp3) is 0.647. The van der Waals surface area contributed by atoms with Crippen LogP contribution in [-0.2, 0) is 5.60 Å². The van der Waals surface area contributed by atoms with E-state index in [1.54, 1.807) is 0 Å². The van der Waals surface area contributed by atoms with Crippen LogP contribution in [0.25, 0.3) is 0 Å². The Hall–Kier alpha value is -0.820. The van der Waals surface area contributed by atoms with Gasteiger partial charge in [-0.3, -0.25) is 0 Å². The van der Waals surface area contributed by atoms with Gasteiger partial charge in [-0.1, -0.05) is 62.9 Å². The van der Waals surface area contributed by atoms with Crippen molar-refractivity contribution in [3.63, 3.8) is 0 Å². The fourth-order valence-electron chi connectivity index (χ4n) is 3.16. The molecule has 0 spiro atoms. The van der Waals surface area contributed by atoms with E-state index in [1.807, 2.05) is 18.2 Å². The highest BCUT2D eigenvalue weighted by molar-refractivity contribution is 5.22. The number of benzene rings is 1. The monoisotopic (exact) mass is 246 g/mol. The molecular weight excluding hydrogens is 220 g/mol. The first-order valence-corrected chi connectivity index (χ1v) is 7.52. The molecule has 0 amide bonds. The second-order valence-corrected chi connectivity index (χ2v) is 5.84. The second-order valence-electron chi connectivity index (χ2n) is 5.84. The number of aliphatic hydroxyl groups is 1. The van der Waals surface area contributed by atoms with E-state index in [0.29, 0.717) is 0 Å². The molecule has 1 aliphatic carbocycles. The zero-order valence-electron chi connectivity index (χ0n) is 11.6. The van der Waals surface area contributed by atoms with Crippen LogP contribution in [0, 0.1) is 5.92 Å². The quantitative estimate of drug-likeness (QED) is 0.750. The second kappa shape index (κ2) is 6.38. The molecule has 0 atom stereocenters. The Bertz CT molecular complexity index is 336. The molecule has 1 saturated carbocycles. The van der Waals surface area contributed by atoms with Crippen molar-refractivity contribution in [3.8, 4) is 0 Å². The van der Waals surface area contributed by atoms with E-state index in [0.717, 1.165) is 24.3 Å². The van der Waals surface area contributed by atoms with E-state index >= 15 is 0 Å². The summed E-state index contributed by atoms with van der Waals surface area (Å²) in [4.78, 5) is 0. The highest BCUT2D eigenvalue weighted by atomic mass is 16.3. The SMILES string of the molecule is CCCCC[C@H]1CC[C@@](O)(c2ccccc2)CC1. The molecular formula is C17H26O. The minimum Gasteiger partial charge on any atom is -0.385 e. The molecule has 18 heavy (non-hydrogen) atoms. The highest BCUT2D eigenvalue weighted by Crippen LogP contribution is 2.40. The third kappa shape index (κ3) is 3.35. The molecule has 0 bridgehead atoms. The number of rotatable bonds is 5. The smallest absolute Gasteiger partial charge is 0.0896 e. The lowest BCUT2D eigenvalue weighted by Gasteiger charge is -2.36. The van der Waals surface area contributed by atoms with Crippen LogP contribution in [0.5, 0.6) is 0 Å². The Labute approximate surface area is 111 Å². The molecule has 2 rings (SSSR count). The maximum absolute atomic E-state index is 10.7. The van der Waals surface area contributed by atoms with Gasteiger partial charge >= 0.3 is 0 Å². The molecule has 1 nitrogen and oxygen atoms in total. The van der Waals surface area contributed by atoms with Crippen LogP contribution >= 0.6 is 0 Å². The molecule has 0 saturated heterocycles. The number of hydrogen-bond donors (Lipinski definition) is 1. The van der Waals surface area contributed by atoms with E-state index in [1.165, 1.54) is 38.5 Å². The molecule has 1 aliphatic rings. The maximum atomic E-state index is 10.7. The lowest BCUT2D eigenvalue weighted by Crippen LogP contribution is -2.31. The van der Waals surface area contributed by atoms with E-state index in [4.69, 9.17) is 0 Å². The van der Waals surface area contributed by atoms with Crippen LogP contribution in [-0.4, -0.2) is 5.11 Å². The van der Waals surface area contributed by atoms with Crippen molar-refractivity contribution in [1.82, 2.24) is 0 Å². The number of unbranched alkanes of at least 4 members (excludes halogenated alkanes) is 2.